The van der Waals surface area contributed by atoms with Crippen LogP contribution in [0.15, 0.2) is 28.7 Å². The third-order valence-corrected chi connectivity index (χ3v) is 4.68. The summed E-state index contributed by atoms with van der Waals surface area (Å²) in [5, 5.41) is 3.68. The molecule has 1 aromatic carbocycles. The first-order valence-electron chi connectivity index (χ1n) is 7.41. The van der Waals surface area contributed by atoms with Crippen molar-refractivity contribution in [3.63, 3.8) is 0 Å². The summed E-state index contributed by atoms with van der Waals surface area (Å²) in [4.78, 5) is 2.40. The minimum Gasteiger partial charge on any atom is -0.314 e. The van der Waals surface area contributed by atoms with E-state index in [-0.39, 0.29) is 0 Å². The van der Waals surface area contributed by atoms with Gasteiger partial charge in [0.05, 0.1) is 0 Å². The number of halogens is 1. The lowest BCUT2D eigenvalue weighted by molar-refractivity contribution is 0.316. The van der Waals surface area contributed by atoms with Crippen molar-refractivity contribution in [2.24, 2.45) is 0 Å². The van der Waals surface area contributed by atoms with Crippen LogP contribution in [0.3, 0.4) is 0 Å². The smallest absolute Gasteiger partial charge is 0.0241 e. The molecule has 1 aliphatic rings. The van der Waals surface area contributed by atoms with Gasteiger partial charge in [-0.3, -0.25) is 0 Å². The number of benzene rings is 1. The normalized spacial score (nSPS) is 16.4. The third-order valence-electron chi connectivity index (χ3n) is 3.90. The quantitative estimate of drug-likeness (QED) is 0.767. The van der Waals surface area contributed by atoms with Crippen molar-refractivity contribution in [3.8, 4) is 0 Å². The first kappa shape index (κ1) is 15.0. The van der Waals surface area contributed by atoms with Crippen LogP contribution >= 0.6 is 15.9 Å². The van der Waals surface area contributed by atoms with Gasteiger partial charge in [0.25, 0.3) is 0 Å². The van der Waals surface area contributed by atoms with E-state index in [1.54, 1.807) is 0 Å². The Morgan fingerprint density at radius 2 is 2.00 bits per heavy atom. The first-order chi connectivity index (χ1) is 9.25. The second-order valence-electron chi connectivity index (χ2n) is 5.62. The van der Waals surface area contributed by atoms with E-state index in [1.807, 2.05) is 0 Å². The molecule has 106 valence electrons. The molecule has 0 unspecified atom stereocenters. The highest BCUT2D eigenvalue weighted by atomic mass is 79.9. The van der Waals surface area contributed by atoms with Gasteiger partial charge in [0.2, 0.25) is 0 Å². The summed E-state index contributed by atoms with van der Waals surface area (Å²) in [6.07, 6.45) is 6.83. The SMILES string of the molecule is CN(CCCNC1CCCC1)Cc1ccccc1Br. The van der Waals surface area contributed by atoms with Crippen molar-refractivity contribution in [3.05, 3.63) is 34.3 Å². The Bertz CT molecular complexity index is 375. The van der Waals surface area contributed by atoms with Gasteiger partial charge in [0, 0.05) is 17.1 Å². The highest BCUT2D eigenvalue weighted by Gasteiger charge is 2.13. The fourth-order valence-electron chi connectivity index (χ4n) is 2.78. The van der Waals surface area contributed by atoms with E-state index >= 15 is 0 Å². The van der Waals surface area contributed by atoms with Crippen LogP contribution in [-0.4, -0.2) is 31.1 Å². The molecule has 0 amide bonds. The topological polar surface area (TPSA) is 15.3 Å². The molecule has 2 rings (SSSR count). The first-order valence-corrected chi connectivity index (χ1v) is 8.20. The van der Waals surface area contributed by atoms with Crippen molar-refractivity contribution < 1.29 is 0 Å². The zero-order valence-electron chi connectivity index (χ0n) is 11.9. The number of nitrogens with one attached hydrogen (secondary N) is 1. The lowest BCUT2D eigenvalue weighted by atomic mass is 10.2. The number of hydrogen-bond acceptors (Lipinski definition) is 2. The molecule has 1 aliphatic carbocycles. The van der Waals surface area contributed by atoms with Crippen LogP contribution in [0, 0.1) is 0 Å². The highest BCUT2D eigenvalue weighted by Crippen LogP contribution is 2.18. The Labute approximate surface area is 125 Å². The van der Waals surface area contributed by atoms with E-state index in [2.05, 4.69) is 57.5 Å². The molecule has 0 aromatic heterocycles. The molecule has 2 nitrogen and oxygen atoms in total. The Hall–Kier alpha value is -0.380. The molecule has 0 radical (unpaired) electrons. The molecule has 1 N–H and O–H groups in total. The van der Waals surface area contributed by atoms with E-state index in [9.17, 15) is 0 Å². The fourth-order valence-corrected chi connectivity index (χ4v) is 3.19. The third kappa shape index (κ3) is 5.25. The van der Waals surface area contributed by atoms with Gasteiger partial charge in [-0.25, -0.2) is 0 Å². The average molecular weight is 325 g/mol. The van der Waals surface area contributed by atoms with Gasteiger partial charge in [0.15, 0.2) is 0 Å². The van der Waals surface area contributed by atoms with Gasteiger partial charge < -0.3 is 10.2 Å². The molecular formula is C16H25BrN2. The van der Waals surface area contributed by atoms with Crippen molar-refractivity contribution >= 4 is 15.9 Å². The predicted molar refractivity (Wildman–Crippen MR) is 85.4 cm³/mol. The van der Waals surface area contributed by atoms with E-state index in [4.69, 9.17) is 0 Å². The van der Waals surface area contributed by atoms with Crippen LogP contribution in [0.4, 0.5) is 0 Å². The van der Waals surface area contributed by atoms with E-state index in [0.29, 0.717) is 0 Å². The van der Waals surface area contributed by atoms with Crippen LogP contribution in [0.2, 0.25) is 0 Å². The largest absolute Gasteiger partial charge is 0.314 e. The summed E-state index contributed by atoms with van der Waals surface area (Å²) in [6.45, 7) is 3.33. The minimum atomic E-state index is 0.800. The summed E-state index contributed by atoms with van der Waals surface area (Å²) in [7, 11) is 2.20. The van der Waals surface area contributed by atoms with Gasteiger partial charge in [-0.1, -0.05) is 47.0 Å². The van der Waals surface area contributed by atoms with Gasteiger partial charge in [0.1, 0.15) is 0 Å². The molecule has 1 aromatic rings. The van der Waals surface area contributed by atoms with Crippen molar-refractivity contribution in [1.82, 2.24) is 10.2 Å². The van der Waals surface area contributed by atoms with Gasteiger partial charge in [-0.2, -0.15) is 0 Å². The second kappa shape index (κ2) is 8.03. The van der Waals surface area contributed by atoms with Gasteiger partial charge >= 0.3 is 0 Å². The maximum Gasteiger partial charge on any atom is 0.0241 e. The van der Waals surface area contributed by atoms with Gasteiger partial charge in [-0.05, 0) is 51.0 Å². The summed E-state index contributed by atoms with van der Waals surface area (Å²) >= 11 is 3.61. The van der Waals surface area contributed by atoms with Crippen LogP contribution < -0.4 is 5.32 Å². The summed E-state index contributed by atoms with van der Waals surface area (Å²) < 4.78 is 1.21. The average Bonchev–Trinajstić information content (AvgIpc) is 2.91. The summed E-state index contributed by atoms with van der Waals surface area (Å²) in [5.74, 6) is 0. The molecule has 1 saturated carbocycles. The maximum absolute atomic E-state index is 3.68. The summed E-state index contributed by atoms with van der Waals surface area (Å²) in [6, 6.07) is 9.28. The van der Waals surface area contributed by atoms with Crippen molar-refractivity contribution in [1.29, 1.82) is 0 Å². The molecule has 0 heterocycles. The second-order valence-corrected chi connectivity index (χ2v) is 6.47. The molecule has 0 atom stereocenters. The molecule has 0 saturated heterocycles. The molecule has 0 spiro atoms. The van der Waals surface area contributed by atoms with E-state index in [1.165, 1.54) is 42.1 Å². The van der Waals surface area contributed by atoms with Crippen LogP contribution in [0.5, 0.6) is 0 Å². The zero-order chi connectivity index (χ0) is 13.5. The zero-order valence-corrected chi connectivity index (χ0v) is 13.5. The molecule has 19 heavy (non-hydrogen) atoms. The standard InChI is InChI=1S/C16H25BrN2/c1-19(13-14-7-2-5-10-16(14)17)12-6-11-18-15-8-3-4-9-15/h2,5,7,10,15,18H,3-4,6,8-9,11-13H2,1H3. The van der Waals surface area contributed by atoms with E-state index in [0.717, 1.165) is 25.7 Å². The lowest BCUT2D eigenvalue weighted by Crippen LogP contribution is -2.29. The van der Waals surface area contributed by atoms with Crippen LogP contribution in [0.25, 0.3) is 0 Å². The molecule has 1 fully saturated rings. The Morgan fingerprint density at radius 1 is 1.26 bits per heavy atom. The maximum atomic E-state index is 3.68. The minimum absolute atomic E-state index is 0.800. The molecule has 0 aliphatic heterocycles. The molecule has 0 bridgehead atoms. The van der Waals surface area contributed by atoms with Gasteiger partial charge in [-0.15, -0.1) is 0 Å². The number of nitrogens with zero attached hydrogens (tertiary/aromatic N) is 1. The summed E-state index contributed by atoms with van der Waals surface area (Å²) in [5.41, 5.74) is 1.37. The Balaban J connectivity index is 1.61. The van der Waals surface area contributed by atoms with E-state index < -0.39 is 0 Å². The van der Waals surface area contributed by atoms with Crippen molar-refractivity contribution in [2.45, 2.75) is 44.7 Å². The Kier molecular flexibility index (Phi) is 6.35. The van der Waals surface area contributed by atoms with Crippen molar-refractivity contribution in [2.75, 3.05) is 20.1 Å². The predicted octanol–water partition coefficient (Wildman–Crippen LogP) is 3.80. The lowest BCUT2D eigenvalue weighted by Gasteiger charge is -2.18. The molecule has 3 heteroatoms. The fraction of sp³-hybridized carbons (Fsp3) is 0.625. The monoisotopic (exact) mass is 324 g/mol. The highest BCUT2D eigenvalue weighted by molar-refractivity contribution is 9.10. The Morgan fingerprint density at radius 3 is 2.74 bits per heavy atom. The van der Waals surface area contributed by atoms with Crippen LogP contribution in [-0.2, 0) is 6.54 Å². The number of rotatable bonds is 7. The van der Waals surface area contributed by atoms with Crippen LogP contribution in [0.1, 0.15) is 37.7 Å². The molecular weight excluding hydrogens is 300 g/mol. The number of hydrogen-bond donors (Lipinski definition) is 1.